The van der Waals surface area contributed by atoms with Crippen molar-refractivity contribution in [1.82, 2.24) is 20.0 Å². The van der Waals surface area contributed by atoms with Gasteiger partial charge in [-0.3, -0.25) is 4.79 Å². The lowest BCUT2D eigenvalue weighted by atomic mass is 9.97. The first-order valence-corrected chi connectivity index (χ1v) is 9.14. The summed E-state index contributed by atoms with van der Waals surface area (Å²) in [6, 6.07) is 7.93. The molecule has 6 heteroatoms. The third-order valence-electron chi connectivity index (χ3n) is 4.61. The van der Waals surface area contributed by atoms with Crippen molar-refractivity contribution in [2.75, 3.05) is 26.7 Å². The molecular formula is C18H23BrN4O. The van der Waals surface area contributed by atoms with Crippen LogP contribution in [0.4, 0.5) is 0 Å². The summed E-state index contributed by atoms with van der Waals surface area (Å²) in [6.07, 6.45) is 3.95. The zero-order valence-corrected chi connectivity index (χ0v) is 15.7. The van der Waals surface area contributed by atoms with Crippen LogP contribution in [-0.4, -0.2) is 47.3 Å². The highest BCUT2D eigenvalue weighted by Gasteiger charge is 2.26. The van der Waals surface area contributed by atoms with Crippen LogP contribution in [0.5, 0.6) is 0 Å². The highest BCUT2D eigenvalue weighted by atomic mass is 79.9. The Morgan fingerprint density at radius 1 is 1.38 bits per heavy atom. The number of halogens is 1. The highest BCUT2D eigenvalue weighted by Crippen LogP contribution is 2.21. The third kappa shape index (κ3) is 3.54. The topological polar surface area (TPSA) is 50.2 Å². The number of carbonyl (C=O) groups is 1. The number of likely N-dealkylation sites (tertiary alicyclic amines) is 1. The summed E-state index contributed by atoms with van der Waals surface area (Å²) >= 11 is 3.44. The molecule has 1 saturated heterocycles. The van der Waals surface area contributed by atoms with E-state index in [2.05, 4.69) is 26.3 Å². The molecule has 0 aliphatic carbocycles. The molecule has 1 fully saturated rings. The average Bonchev–Trinajstić information content (AvgIpc) is 2.97. The Morgan fingerprint density at radius 2 is 2.12 bits per heavy atom. The van der Waals surface area contributed by atoms with Crippen LogP contribution in [0.1, 0.15) is 28.9 Å². The molecule has 0 saturated carbocycles. The predicted molar refractivity (Wildman–Crippen MR) is 98.6 cm³/mol. The van der Waals surface area contributed by atoms with Gasteiger partial charge in [0, 0.05) is 17.6 Å². The zero-order chi connectivity index (χ0) is 17.1. The molecule has 2 heterocycles. The van der Waals surface area contributed by atoms with Crippen LogP contribution in [0.3, 0.4) is 0 Å². The molecule has 1 aliphatic rings. The molecular weight excluding hydrogens is 368 g/mol. The molecule has 0 radical (unpaired) electrons. The van der Waals surface area contributed by atoms with Crippen molar-refractivity contribution in [3.63, 3.8) is 0 Å². The lowest BCUT2D eigenvalue weighted by Crippen LogP contribution is -2.42. The van der Waals surface area contributed by atoms with Crippen LogP contribution in [0, 0.1) is 12.8 Å². The molecule has 1 aliphatic heterocycles. The summed E-state index contributed by atoms with van der Waals surface area (Å²) in [5.74, 6) is 0.631. The molecule has 24 heavy (non-hydrogen) atoms. The van der Waals surface area contributed by atoms with E-state index in [1.807, 2.05) is 47.8 Å². The van der Waals surface area contributed by atoms with Crippen molar-refractivity contribution in [3.8, 4) is 5.69 Å². The number of rotatable bonds is 4. The Hall–Kier alpha value is -1.66. The minimum absolute atomic E-state index is 0.0941. The van der Waals surface area contributed by atoms with Gasteiger partial charge in [-0.25, -0.2) is 4.68 Å². The minimum atomic E-state index is 0.0941. The smallest absolute Gasteiger partial charge is 0.257 e. The van der Waals surface area contributed by atoms with Crippen LogP contribution in [0.15, 0.2) is 34.9 Å². The highest BCUT2D eigenvalue weighted by molar-refractivity contribution is 9.10. The molecule has 1 atom stereocenters. The van der Waals surface area contributed by atoms with E-state index in [-0.39, 0.29) is 5.91 Å². The largest absolute Gasteiger partial charge is 0.338 e. The molecule has 2 aromatic rings. The molecule has 1 unspecified atom stereocenters. The van der Waals surface area contributed by atoms with Crippen molar-refractivity contribution in [2.24, 2.45) is 5.92 Å². The summed E-state index contributed by atoms with van der Waals surface area (Å²) in [6.45, 7) is 4.57. The van der Waals surface area contributed by atoms with Gasteiger partial charge in [-0.1, -0.05) is 15.9 Å². The summed E-state index contributed by atoms with van der Waals surface area (Å²) < 4.78 is 2.85. The van der Waals surface area contributed by atoms with E-state index in [1.165, 1.54) is 6.42 Å². The van der Waals surface area contributed by atoms with Gasteiger partial charge >= 0.3 is 0 Å². The van der Waals surface area contributed by atoms with Crippen LogP contribution >= 0.6 is 15.9 Å². The van der Waals surface area contributed by atoms with Gasteiger partial charge in [-0.05, 0) is 63.5 Å². The molecule has 1 aromatic carbocycles. The monoisotopic (exact) mass is 390 g/mol. The second-order valence-electron chi connectivity index (χ2n) is 6.35. The van der Waals surface area contributed by atoms with Crippen molar-refractivity contribution >= 4 is 21.8 Å². The number of amides is 1. The second kappa shape index (κ2) is 7.49. The fourth-order valence-electron chi connectivity index (χ4n) is 3.34. The van der Waals surface area contributed by atoms with E-state index in [4.69, 9.17) is 0 Å². The van der Waals surface area contributed by atoms with Gasteiger partial charge < -0.3 is 10.2 Å². The maximum absolute atomic E-state index is 12.9. The Bertz CT molecular complexity index is 708. The summed E-state index contributed by atoms with van der Waals surface area (Å²) in [7, 11) is 1.97. The van der Waals surface area contributed by atoms with E-state index in [0.29, 0.717) is 11.5 Å². The summed E-state index contributed by atoms with van der Waals surface area (Å²) in [4.78, 5) is 14.9. The predicted octanol–water partition coefficient (Wildman–Crippen LogP) is 3.01. The number of hydrogen-bond donors (Lipinski definition) is 1. The lowest BCUT2D eigenvalue weighted by molar-refractivity contribution is 0.0673. The van der Waals surface area contributed by atoms with Crippen molar-refractivity contribution in [1.29, 1.82) is 0 Å². The number of aromatic nitrogens is 2. The van der Waals surface area contributed by atoms with Gasteiger partial charge in [-0.15, -0.1) is 0 Å². The maximum atomic E-state index is 12.9. The number of carbonyl (C=O) groups excluding carboxylic acids is 1. The molecule has 1 aromatic heterocycles. The van der Waals surface area contributed by atoms with Gasteiger partial charge in [0.2, 0.25) is 0 Å². The first-order valence-electron chi connectivity index (χ1n) is 8.34. The first kappa shape index (κ1) is 17.2. The van der Waals surface area contributed by atoms with E-state index in [9.17, 15) is 4.79 Å². The minimum Gasteiger partial charge on any atom is -0.338 e. The van der Waals surface area contributed by atoms with Gasteiger partial charge in [0.1, 0.15) is 0 Å². The molecule has 3 rings (SSSR count). The fourth-order valence-corrected chi connectivity index (χ4v) is 3.60. The fraction of sp³-hybridized carbons (Fsp3) is 0.444. The van der Waals surface area contributed by atoms with Gasteiger partial charge in [0.15, 0.2) is 0 Å². The van der Waals surface area contributed by atoms with Gasteiger partial charge in [0.25, 0.3) is 5.91 Å². The Labute approximate surface area is 151 Å². The number of piperidine rings is 1. The van der Waals surface area contributed by atoms with Crippen LogP contribution < -0.4 is 5.32 Å². The second-order valence-corrected chi connectivity index (χ2v) is 7.26. The Balaban J connectivity index is 1.80. The van der Waals surface area contributed by atoms with Crippen molar-refractivity contribution < 1.29 is 4.79 Å². The quantitative estimate of drug-likeness (QED) is 0.872. The summed E-state index contributed by atoms with van der Waals surface area (Å²) in [5.41, 5.74) is 2.54. The molecule has 0 spiro atoms. The zero-order valence-electron chi connectivity index (χ0n) is 14.1. The summed E-state index contributed by atoms with van der Waals surface area (Å²) in [5, 5.41) is 7.65. The maximum Gasteiger partial charge on any atom is 0.257 e. The Kier molecular flexibility index (Phi) is 5.36. The number of benzene rings is 1. The normalized spacial score (nSPS) is 18.0. The van der Waals surface area contributed by atoms with E-state index in [1.54, 1.807) is 6.20 Å². The number of nitrogens with one attached hydrogen (secondary N) is 1. The third-order valence-corrected chi connectivity index (χ3v) is 5.14. The number of nitrogens with zero attached hydrogens (tertiary/aromatic N) is 3. The van der Waals surface area contributed by atoms with Crippen molar-refractivity contribution in [3.05, 3.63) is 46.2 Å². The van der Waals surface area contributed by atoms with Gasteiger partial charge in [0.05, 0.1) is 23.1 Å². The molecule has 0 bridgehead atoms. The van der Waals surface area contributed by atoms with Crippen molar-refractivity contribution in [2.45, 2.75) is 19.8 Å². The van der Waals surface area contributed by atoms with E-state index < -0.39 is 0 Å². The van der Waals surface area contributed by atoms with Crippen LogP contribution in [-0.2, 0) is 0 Å². The first-order chi connectivity index (χ1) is 11.6. The molecule has 1 amide bonds. The van der Waals surface area contributed by atoms with E-state index >= 15 is 0 Å². The van der Waals surface area contributed by atoms with Crippen LogP contribution in [0.25, 0.3) is 5.69 Å². The van der Waals surface area contributed by atoms with Crippen LogP contribution in [0.2, 0.25) is 0 Å². The Morgan fingerprint density at radius 3 is 2.83 bits per heavy atom. The van der Waals surface area contributed by atoms with Gasteiger partial charge in [-0.2, -0.15) is 5.10 Å². The molecule has 5 nitrogen and oxygen atoms in total. The SMILES string of the molecule is CNCC1CCCN(C(=O)c2cnn(-c3ccc(Br)cc3)c2C)C1. The molecule has 128 valence electrons. The van der Waals surface area contributed by atoms with E-state index in [0.717, 1.165) is 41.9 Å². The molecule has 1 N–H and O–H groups in total. The number of hydrogen-bond acceptors (Lipinski definition) is 3. The standard InChI is InChI=1S/C18H23BrN4O/c1-13-17(11-21-23(13)16-7-5-15(19)6-8-16)18(24)22-9-3-4-14(12-22)10-20-2/h5-8,11,14,20H,3-4,9-10,12H2,1-2H3. The lowest BCUT2D eigenvalue weighted by Gasteiger charge is -2.32. The average molecular weight is 391 g/mol.